The highest BCUT2D eigenvalue weighted by atomic mass is 32.2. The molecule has 0 fully saturated rings. The molecule has 5 nitrogen and oxygen atoms in total. The lowest BCUT2D eigenvalue weighted by Gasteiger charge is -2.03. The van der Waals surface area contributed by atoms with Crippen molar-refractivity contribution in [3.05, 3.63) is 23.7 Å². The standard InChI is InChI=1S/C11H16N4OS2/c1-12-6-8-4-5-9(16-8)7-17-11-14-13-10(18-11)15(2)3/h4-5,12H,6-7H2,1-3H3. The number of hydrogen-bond donors (Lipinski definition) is 1. The van der Waals surface area contributed by atoms with Crippen LogP contribution < -0.4 is 10.2 Å². The van der Waals surface area contributed by atoms with Gasteiger partial charge in [-0.3, -0.25) is 0 Å². The van der Waals surface area contributed by atoms with Crippen molar-refractivity contribution in [2.45, 2.75) is 16.6 Å². The van der Waals surface area contributed by atoms with Crippen molar-refractivity contribution in [3.8, 4) is 0 Å². The average molecular weight is 284 g/mol. The van der Waals surface area contributed by atoms with Crippen molar-refractivity contribution >= 4 is 28.2 Å². The van der Waals surface area contributed by atoms with Gasteiger partial charge >= 0.3 is 0 Å². The van der Waals surface area contributed by atoms with Crippen LogP contribution in [0.3, 0.4) is 0 Å². The van der Waals surface area contributed by atoms with Gasteiger partial charge in [-0.25, -0.2) is 0 Å². The van der Waals surface area contributed by atoms with E-state index in [1.807, 2.05) is 38.2 Å². The fraction of sp³-hybridized carbons (Fsp3) is 0.455. The van der Waals surface area contributed by atoms with E-state index in [0.29, 0.717) is 0 Å². The van der Waals surface area contributed by atoms with E-state index < -0.39 is 0 Å². The first-order valence-electron chi connectivity index (χ1n) is 5.55. The predicted molar refractivity (Wildman–Crippen MR) is 75.3 cm³/mol. The molecular weight excluding hydrogens is 268 g/mol. The highest BCUT2D eigenvalue weighted by Crippen LogP contribution is 2.29. The van der Waals surface area contributed by atoms with Crippen LogP contribution in [0.5, 0.6) is 0 Å². The number of hydrogen-bond acceptors (Lipinski definition) is 7. The Hall–Kier alpha value is -1.05. The molecule has 0 amide bonds. The number of furan rings is 1. The Bertz CT molecular complexity index is 495. The highest BCUT2D eigenvalue weighted by Gasteiger charge is 2.08. The summed E-state index contributed by atoms with van der Waals surface area (Å²) in [5, 5.41) is 12.2. The monoisotopic (exact) mass is 284 g/mol. The van der Waals surface area contributed by atoms with Crippen LogP contribution in [0.25, 0.3) is 0 Å². The molecule has 98 valence electrons. The van der Waals surface area contributed by atoms with Crippen molar-refractivity contribution in [3.63, 3.8) is 0 Å². The molecule has 1 N–H and O–H groups in total. The van der Waals surface area contributed by atoms with Crippen LogP contribution in [0.2, 0.25) is 0 Å². The van der Waals surface area contributed by atoms with Crippen molar-refractivity contribution in [2.75, 3.05) is 26.0 Å². The van der Waals surface area contributed by atoms with Gasteiger partial charge in [-0.05, 0) is 19.2 Å². The summed E-state index contributed by atoms with van der Waals surface area (Å²) in [6.07, 6.45) is 0. The van der Waals surface area contributed by atoms with Gasteiger partial charge in [0.2, 0.25) is 5.13 Å². The van der Waals surface area contributed by atoms with Crippen LogP contribution in [0, 0.1) is 0 Å². The number of nitrogens with zero attached hydrogens (tertiary/aromatic N) is 3. The van der Waals surface area contributed by atoms with Crippen molar-refractivity contribution in [1.29, 1.82) is 0 Å². The Morgan fingerprint density at radius 1 is 1.33 bits per heavy atom. The first kappa shape index (κ1) is 13.4. The fourth-order valence-corrected chi connectivity index (χ4v) is 3.00. The molecule has 2 rings (SSSR count). The number of nitrogens with one attached hydrogen (secondary N) is 1. The lowest BCUT2D eigenvalue weighted by molar-refractivity contribution is 0.469. The van der Waals surface area contributed by atoms with E-state index in [4.69, 9.17) is 4.42 Å². The van der Waals surface area contributed by atoms with Crippen LogP contribution in [0.4, 0.5) is 5.13 Å². The van der Waals surface area contributed by atoms with Crippen LogP contribution in [0.1, 0.15) is 11.5 Å². The minimum absolute atomic E-state index is 0.758. The minimum Gasteiger partial charge on any atom is -0.464 e. The number of rotatable bonds is 6. The second-order valence-electron chi connectivity index (χ2n) is 3.93. The van der Waals surface area contributed by atoms with Crippen molar-refractivity contribution in [1.82, 2.24) is 15.5 Å². The lowest BCUT2D eigenvalue weighted by atomic mass is 10.4. The molecule has 0 saturated carbocycles. The minimum atomic E-state index is 0.758. The maximum absolute atomic E-state index is 5.66. The SMILES string of the molecule is CNCc1ccc(CSc2nnc(N(C)C)s2)o1. The molecule has 0 bridgehead atoms. The summed E-state index contributed by atoms with van der Waals surface area (Å²) in [6, 6.07) is 4.01. The zero-order chi connectivity index (χ0) is 13.0. The zero-order valence-corrected chi connectivity index (χ0v) is 12.3. The maximum Gasteiger partial charge on any atom is 0.208 e. The second-order valence-corrected chi connectivity index (χ2v) is 6.11. The smallest absolute Gasteiger partial charge is 0.208 e. The maximum atomic E-state index is 5.66. The van der Waals surface area contributed by atoms with Crippen LogP contribution in [-0.2, 0) is 12.3 Å². The van der Waals surface area contributed by atoms with Gasteiger partial charge in [-0.15, -0.1) is 10.2 Å². The molecule has 0 aliphatic rings. The van der Waals surface area contributed by atoms with E-state index in [0.717, 1.165) is 33.3 Å². The quantitative estimate of drug-likeness (QED) is 0.821. The third kappa shape index (κ3) is 3.47. The average Bonchev–Trinajstić information content (AvgIpc) is 2.95. The van der Waals surface area contributed by atoms with E-state index in [-0.39, 0.29) is 0 Å². The Morgan fingerprint density at radius 3 is 2.78 bits per heavy atom. The summed E-state index contributed by atoms with van der Waals surface area (Å²) in [5.41, 5.74) is 0. The number of anilines is 1. The molecule has 0 saturated heterocycles. The summed E-state index contributed by atoms with van der Waals surface area (Å²) in [5.74, 6) is 2.71. The Labute approximate surface area is 115 Å². The van der Waals surface area contributed by atoms with E-state index in [1.54, 1.807) is 23.1 Å². The second kappa shape index (κ2) is 6.21. The summed E-state index contributed by atoms with van der Waals surface area (Å²) >= 11 is 3.24. The molecule has 0 radical (unpaired) electrons. The summed E-state index contributed by atoms with van der Waals surface area (Å²) < 4.78 is 6.63. The molecule has 0 unspecified atom stereocenters. The van der Waals surface area contributed by atoms with Gasteiger partial charge in [-0.1, -0.05) is 23.1 Å². The van der Waals surface area contributed by atoms with Crippen molar-refractivity contribution < 1.29 is 4.42 Å². The number of aromatic nitrogens is 2. The fourth-order valence-electron chi connectivity index (χ4n) is 1.34. The molecule has 0 spiro atoms. The molecule has 0 aromatic carbocycles. The van der Waals surface area contributed by atoms with Gasteiger partial charge < -0.3 is 14.6 Å². The molecule has 7 heteroatoms. The van der Waals surface area contributed by atoms with Gasteiger partial charge in [0, 0.05) is 14.1 Å². The molecule has 0 atom stereocenters. The van der Waals surface area contributed by atoms with Crippen LogP contribution in [-0.4, -0.2) is 31.3 Å². The van der Waals surface area contributed by atoms with E-state index >= 15 is 0 Å². The van der Waals surface area contributed by atoms with Crippen molar-refractivity contribution in [2.24, 2.45) is 0 Å². The first-order valence-corrected chi connectivity index (χ1v) is 7.35. The highest BCUT2D eigenvalue weighted by molar-refractivity contribution is 8.00. The zero-order valence-electron chi connectivity index (χ0n) is 10.6. The molecule has 0 aliphatic carbocycles. The Morgan fingerprint density at radius 2 is 2.11 bits per heavy atom. The normalized spacial score (nSPS) is 10.8. The third-order valence-electron chi connectivity index (χ3n) is 2.18. The third-order valence-corrected chi connectivity index (χ3v) is 4.43. The topological polar surface area (TPSA) is 54.2 Å². The number of thioether (sulfide) groups is 1. The predicted octanol–water partition coefficient (Wildman–Crippen LogP) is 2.21. The van der Waals surface area contributed by atoms with Gasteiger partial charge in [0.1, 0.15) is 11.5 Å². The Kier molecular flexibility index (Phi) is 4.62. The van der Waals surface area contributed by atoms with E-state index in [1.165, 1.54) is 0 Å². The molecule has 2 aromatic rings. The van der Waals surface area contributed by atoms with Gasteiger partial charge in [0.15, 0.2) is 4.34 Å². The molecule has 0 aliphatic heterocycles. The van der Waals surface area contributed by atoms with Gasteiger partial charge in [-0.2, -0.15) is 0 Å². The molecule has 18 heavy (non-hydrogen) atoms. The summed E-state index contributed by atoms with van der Waals surface area (Å²) in [6.45, 7) is 0.758. The largest absolute Gasteiger partial charge is 0.464 e. The van der Waals surface area contributed by atoms with E-state index in [2.05, 4.69) is 15.5 Å². The van der Waals surface area contributed by atoms with Crippen LogP contribution in [0.15, 0.2) is 20.9 Å². The Balaban J connectivity index is 1.89. The van der Waals surface area contributed by atoms with Gasteiger partial charge in [0.25, 0.3) is 0 Å². The molecule has 2 heterocycles. The summed E-state index contributed by atoms with van der Waals surface area (Å²) in [4.78, 5) is 1.96. The van der Waals surface area contributed by atoms with Crippen LogP contribution >= 0.6 is 23.1 Å². The van der Waals surface area contributed by atoms with E-state index in [9.17, 15) is 0 Å². The first-order chi connectivity index (χ1) is 8.69. The molecular formula is C11H16N4OS2. The summed E-state index contributed by atoms with van der Waals surface area (Å²) in [7, 11) is 5.83. The lowest BCUT2D eigenvalue weighted by Crippen LogP contribution is -2.07. The molecule has 2 aromatic heterocycles. The van der Waals surface area contributed by atoms with Gasteiger partial charge in [0.05, 0.1) is 12.3 Å².